The third-order valence-corrected chi connectivity index (χ3v) is 7.33. The first-order valence-electron chi connectivity index (χ1n) is 12.2. The Morgan fingerprint density at radius 1 is 1.00 bits per heavy atom. The Morgan fingerprint density at radius 2 is 1.71 bits per heavy atom. The maximum Gasteiger partial charge on any atom is 0.237 e. The van der Waals surface area contributed by atoms with Gasteiger partial charge in [0.15, 0.2) is 0 Å². The van der Waals surface area contributed by atoms with Gasteiger partial charge in [-0.25, -0.2) is 0 Å². The van der Waals surface area contributed by atoms with Crippen LogP contribution in [0, 0.1) is 0 Å². The molecule has 2 saturated heterocycles. The third-order valence-electron chi connectivity index (χ3n) is 7.33. The maximum absolute atomic E-state index is 13.0. The average Bonchev–Trinajstić information content (AvgIpc) is 3.21. The van der Waals surface area contributed by atoms with Crippen molar-refractivity contribution in [3.05, 3.63) is 35.9 Å². The highest BCUT2D eigenvalue weighted by Crippen LogP contribution is 2.27. The van der Waals surface area contributed by atoms with Gasteiger partial charge in [0, 0.05) is 38.1 Å². The molecule has 4 rings (SSSR count). The number of rotatable bonds is 6. The summed E-state index contributed by atoms with van der Waals surface area (Å²) < 4.78 is 0. The number of β-amino-alcohol motifs (C(OH)–C–C–N with tert-alkyl or cyclic N) is 1. The van der Waals surface area contributed by atoms with Gasteiger partial charge in [0.1, 0.15) is 0 Å². The molecule has 3 fully saturated rings. The predicted octanol–water partition coefficient (Wildman–Crippen LogP) is 2.49. The molecule has 6 nitrogen and oxygen atoms in total. The molecule has 1 aliphatic carbocycles. The molecule has 2 heterocycles. The van der Waals surface area contributed by atoms with E-state index in [1.54, 1.807) is 0 Å². The Kier molecular flexibility index (Phi) is 7.62. The van der Waals surface area contributed by atoms with E-state index in [1.165, 1.54) is 24.8 Å². The summed E-state index contributed by atoms with van der Waals surface area (Å²) in [4.78, 5) is 29.8. The zero-order valence-corrected chi connectivity index (χ0v) is 18.5. The molecule has 31 heavy (non-hydrogen) atoms. The fourth-order valence-electron chi connectivity index (χ4n) is 5.54. The largest absolute Gasteiger partial charge is 0.392 e. The highest BCUT2D eigenvalue weighted by Gasteiger charge is 2.41. The summed E-state index contributed by atoms with van der Waals surface area (Å²) in [5.41, 5.74) is 1.20. The standard InChI is InChI=1S/C25H37N3O3/c29-22-17-23(25(31)26-20-9-5-2-6-10-20)28(18-22)21-13-15-27(16-14-21)24(30)12-11-19-7-3-1-4-8-19/h1,3-4,7-8,20-23,29H,2,5-6,9-18H2,(H,26,31)/t22-,23+/m1/s1. The molecule has 0 unspecified atom stereocenters. The SMILES string of the molecule is O=C(NC1CCCCC1)[C@@H]1C[C@@H](O)CN1C1CCN(C(=O)CCc2ccccc2)CC1. The number of carbonyl (C=O) groups is 2. The smallest absolute Gasteiger partial charge is 0.237 e. The minimum absolute atomic E-state index is 0.0878. The van der Waals surface area contributed by atoms with Gasteiger partial charge in [-0.1, -0.05) is 49.6 Å². The molecule has 0 bridgehead atoms. The van der Waals surface area contributed by atoms with Gasteiger partial charge < -0.3 is 15.3 Å². The predicted molar refractivity (Wildman–Crippen MR) is 120 cm³/mol. The lowest BCUT2D eigenvalue weighted by Crippen LogP contribution is -2.53. The van der Waals surface area contributed by atoms with Crippen LogP contribution in [-0.2, 0) is 16.0 Å². The fraction of sp³-hybridized carbons (Fsp3) is 0.680. The van der Waals surface area contributed by atoms with Crippen molar-refractivity contribution in [1.29, 1.82) is 0 Å². The van der Waals surface area contributed by atoms with Gasteiger partial charge in [-0.15, -0.1) is 0 Å². The number of hydrogen-bond donors (Lipinski definition) is 2. The molecule has 0 aromatic heterocycles. The molecule has 1 saturated carbocycles. The van der Waals surface area contributed by atoms with Crippen LogP contribution < -0.4 is 5.32 Å². The number of aryl methyl sites for hydroxylation is 1. The van der Waals surface area contributed by atoms with E-state index in [9.17, 15) is 14.7 Å². The van der Waals surface area contributed by atoms with E-state index >= 15 is 0 Å². The Labute approximate surface area is 186 Å². The third kappa shape index (κ3) is 5.86. The molecule has 0 spiro atoms. The molecule has 2 amide bonds. The zero-order valence-electron chi connectivity index (χ0n) is 18.5. The van der Waals surface area contributed by atoms with E-state index in [-0.39, 0.29) is 23.9 Å². The Balaban J connectivity index is 1.26. The first kappa shape index (κ1) is 22.3. The molecule has 1 aromatic carbocycles. The molecular weight excluding hydrogens is 390 g/mol. The van der Waals surface area contributed by atoms with Gasteiger partial charge in [-0.2, -0.15) is 0 Å². The summed E-state index contributed by atoms with van der Waals surface area (Å²) in [6.45, 7) is 2.04. The van der Waals surface area contributed by atoms with Crippen molar-refractivity contribution in [2.24, 2.45) is 0 Å². The number of likely N-dealkylation sites (tertiary alicyclic amines) is 2. The zero-order chi connectivity index (χ0) is 21.6. The quantitative estimate of drug-likeness (QED) is 0.732. The first-order valence-corrected chi connectivity index (χ1v) is 12.2. The molecule has 2 N–H and O–H groups in total. The second-order valence-corrected chi connectivity index (χ2v) is 9.54. The maximum atomic E-state index is 13.0. The monoisotopic (exact) mass is 427 g/mol. The van der Waals surface area contributed by atoms with Crippen molar-refractivity contribution < 1.29 is 14.7 Å². The van der Waals surface area contributed by atoms with Crippen LogP contribution in [0.3, 0.4) is 0 Å². The molecule has 6 heteroatoms. The van der Waals surface area contributed by atoms with E-state index in [0.717, 1.165) is 45.2 Å². The lowest BCUT2D eigenvalue weighted by Gasteiger charge is -2.39. The number of aliphatic hydroxyl groups is 1. The van der Waals surface area contributed by atoms with E-state index in [1.807, 2.05) is 23.1 Å². The molecule has 2 atom stereocenters. The summed E-state index contributed by atoms with van der Waals surface area (Å²) in [7, 11) is 0. The first-order chi connectivity index (χ1) is 15.1. The number of carbonyl (C=O) groups excluding carboxylic acids is 2. The average molecular weight is 428 g/mol. The highest BCUT2D eigenvalue weighted by molar-refractivity contribution is 5.82. The van der Waals surface area contributed by atoms with Gasteiger partial charge in [-0.3, -0.25) is 14.5 Å². The van der Waals surface area contributed by atoms with Crippen LogP contribution in [-0.4, -0.2) is 70.6 Å². The summed E-state index contributed by atoms with van der Waals surface area (Å²) in [6, 6.07) is 10.5. The lowest BCUT2D eigenvalue weighted by molar-refractivity contribution is -0.134. The van der Waals surface area contributed by atoms with E-state index in [0.29, 0.717) is 25.4 Å². The number of aliphatic hydroxyl groups excluding tert-OH is 1. The second kappa shape index (κ2) is 10.6. The number of benzene rings is 1. The Hall–Kier alpha value is -1.92. The van der Waals surface area contributed by atoms with Gasteiger partial charge >= 0.3 is 0 Å². The van der Waals surface area contributed by atoms with Crippen molar-refractivity contribution in [2.75, 3.05) is 19.6 Å². The molecule has 3 aliphatic rings. The topological polar surface area (TPSA) is 72.9 Å². The lowest BCUT2D eigenvalue weighted by atomic mass is 9.95. The van der Waals surface area contributed by atoms with Crippen LogP contribution in [0.15, 0.2) is 30.3 Å². The van der Waals surface area contributed by atoms with Crippen molar-refractivity contribution >= 4 is 11.8 Å². The molecule has 2 aliphatic heterocycles. The second-order valence-electron chi connectivity index (χ2n) is 9.54. The van der Waals surface area contributed by atoms with Crippen LogP contribution in [0.2, 0.25) is 0 Å². The fourth-order valence-corrected chi connectivity index (χ4v) is 5.54. The minimum Gasteiger partial charge on any atom is -0.392 e. The van der Waals surface area contributed by atoms with Crippen molar-refractivity contribution in [1.82, 2.24) is 15.1 Å². The Morgan fingerprint density at radius 3 is 2.42 bits per heavy atom. The molecule has 170 valence electrons. The summed E-state index contributed by atoms with van der Waals surface area (Å²) in [5, 5.41) is 13.5. The normalized spacial score (nSPS) is 26.2. The van der Waals surface area contributed by atoms with Gasteiger partial charge in [0.25, 0.3) is 0 Å². The van der Waals surface area contributed by atoms with Crippen LogP contribution in [0.25, 0.3) is 0 Å². The number of hydrogen-bond acceptors (Lipinski definition) is 4. The number of amides is 2. The van der Waals surface area contributed by atoms with Crippen LogP contribution >= 0.6 is 0 Å². The Bertz CT molecular complexity index is 727. The number of nitrogens with one attached hydrogen (secondary N) is 1. The summed E-state index contributed by atoms with van der Waals surface area (Å²) in [6.07, 6.45) is 8.95. The molecule has 0 radical (unpaired) electrons. The van der Waals surface area contributed by atoms with Crippen molar-refractivity contribution in [2.45, 2.75) is 88.4 Å². The van der Waals surface area contributed by atoms with Crippen LogP contribution in [0.5, 0.6) is 0 Å². The van der Waals surface area contributed by atoms with Crippen molar-refractivity contribution in [3.8, 4) is 0 Å². The van der Waals surface area contributed by atoms with Gasteiger partial charge in [0.2, 0.25) is 11.8 Å². The van der Waals surface area contributed by atoms with E-state index in [4.69, 9.17) is 0 Å². The summed E-state index contributed by atoms with van der Waals surface area (Å²) >= 11 is 0. The van der Waals surface area contributed by atoms with Gasteiger partial charge in [0.05, 0.1) is 12.1 Å². The van der Waals surface area contributed by atoms with E-state index in [2.05, 4.69) is 22.3 Å². The number of nitrogens with zero attached hydrogens (tertiary/aromatic N) is 2. The summed E-state index contributed by atoms with van der Waals surface area (Å²) in [5.74, 6) is 0.306. The highest BCUT2D eigenvalue weighted by atomic mass is 16.3. The molecule has 1 aromatic rings. The minimum atomic E-state index is -0.437. The van der Waals surface area contributed by atoms with Crippen LogP contribution in [0.4, 0.5) is 0 Å². The number of piperidine rings is 1. The van der Waals surface area contributed by atoms with Crippen molar-refractivity contribution in [3.63, 3.8) is 0 Å². The van der Waals surface area contributed by atoms with Gasteiger partial charge in [-0.05, 0) is 44.1 Å². The van der Waals surface area contributed by atoms with E-state index < -0.39 is 6.10 Å². The molecular formula is C25H37N3O3. The van der Waals surface area contributed by atoms with Crippen LogP contribution in [0.1, 0.15) is 63.4 Å².